The van der Waals surface area contributed by atoms with E-state index in [0.29, 0.717) is 18.8 Å². The van der Waals surface area contributed by atoms with E-state index in [1.165, 1.54) is 17.6 Å². The normalized spacial score (nSPS) is 18.6. The molecule has 0 amide bonds. The Bertz CT molecular complexity index is 730. The number of aldehydes is 1. The molecule has 1 aliphatic heterocycles. The average molecular weight is 463 g/mol. The third kappa shape index (κ3) is 8.72. The number of rotatable bonds is 15. The van der Waals surface area contributed by atoms with E-state index in [2.05, 4.69) is 13.0 Å². The minimum Gasteiger partial charge on any atom is -0.468 e. The van der Waals surface area contributed by atoms with Crippen molar-refractivity contribution in [2.24, 2.45) is 5.92 Å². The number of aliphatic hydroxyl groups excluding tert-OH is 2. The Hall–Kier alpha value is -1.63. The summed E-state index contributed by atoms with van der Waals surface area (Å²) in [5, 5.41) is 20.4. The third-order valence-electron chi connectivity index (χ3n) is 6.11. The Morgan fingerprint density at radius 3 is 2.59 bits per heavy atom. The highest BCUT2D eigenvalue weighted by atomic mass is 32.2. The fraction of sp³-hybridized carbons (Fsp3) is 0.615. The van der Waals surface area contributed by atoms with Crippen LogP contribution in [0, 0.1) is 5.92 Å². The van der Waals surface area contributed by atoms with Crippen molar-refractivity contribution >= 4 is 24.0 Å². The van der Waals surface area contributed by atoms with E-state index in [4.69, 9.17) is 4.74 Å². The molecule has 1 aromatic carbocycles. The summed E-state index contributed by atoms with van der Waals surface area (Å²) in [5.41, 5.74) is 1.92. The zero-order valence-corrected chi connectivity index (χ0v) is 20.2. The summed E-state index contributed by atoms with van der Waals surface area (Å²) in [5.74, 6) is 0.256. The standard InChI is InChI=1S/C26H38O5S/c1-3-4-10-23(28)25(29)21-13-11-20(12-14-21)18-19(8-6-17-27)7-5-9-22-15-16-24(32-22)26(30)31-2/h11-15,17,19,23-25,28-29H,3-10,16,18H2,1-2H3/t19-,23?,24?,25?/m0/s1. The number of benzene rings is 1. The molecule has 0 spiro atoms. The Balaban J connectivity index is 1.85. The Kier molecular flexibility index (Phi) is 12.1. The maximum Gasteiger partial charge on any atom is 0.319 e. The molecule has 1 aromatic rings. The van der Waals surface area contributed by atoms with Gasteiger partial charge in [0.05, 0.1) is 13.2 Å². The number of carbonyl (C=O) groups excluding carboxylic acids is 2. The molecule has 0 saturated carbocycles. The largest absolute Gasteiger partial charge is 0.468 e. The van der Waals surface area contributed by atoms with Crippen LogP contribution in [-0.2, 0) is 20.7 Å². The van der Waals surface area contributed by atoms with Crippen LogP contribution >= 0.6 is 11.8 Å². The van der Waals surface area contributed by atoms with Gasteiger partial charge in [-0.1, -0.05) is 50.1 Å². The van der Waals surface area contributed by atoms with E-state index in [1.807, 2.05) is 24.3 Å². The molecule has 6 heteroatoms. The first-order valence-corrected chi connectivity index (χ1v) is 12.7. The minimum atomic E-state index is -0.854. The van der Waals surface area contributed by atoms with Crippen molar-refractivity contribution < 1.29 is 24.5 Å². The molecular weight excluding hydrogens is 424 g/mol. The van der Waals surface area contributed by atoms with Gasteiger partial charge in [-0.3, -0.25) is 4.79 Å². The molecule has 1 heterocycles. The first-order chi connectivity index (χ1) is 15.5. The van der Waals surface area contributed by atoms with Crippen LogP contribution in [-0.4, -0.2) is 40.9 Å². The van der Waals surface area contributed by atoms with Crippen molar-refractivity contribution in [1.29, 1.82) is 0 Å². The predicted octanol–water partition coefficient (Wildman–Crippen LogP) is 5.14. The van der Waals surface area contributed by atoms with Gasteiger partial charge in [0.2, 0.25) is 0 Å². The van der Waals surface area contributed by atoms with Crippen LogP contribution < -0.4 is 0 Å². The highest BCUT2D eigenvalue weighted by Gasteiger charge is 2.25. The number of aliphatic hydroxyl groups is 2. The number of esters is 1. The third-order valence-corrected chi connectivity index (χ3v) is 7.45. The van der Waals surface area contributed by atoms with Crippen LogP contribution in [0.1, 0.15) is 81.9 Å². The van der Waals surface area contributed by atoms with Gasteiger partial charge in [0.25, 0.3) is 0 Å². The summed E-state index contributed by atoms with van der Waals surface area (Å²) >= 11 is 1.61. The molecule has 1 aliphatic rings. The second kappa shape index (κ2) is 14.5. The monoisotopic (exact) mass is 462 g/mol. The quantitative estimate of drug-likeness (QED) is 0.277. The Labute approximate surface area is 196 Å². The van der Waals surface area contributed by atoms with Crippen molar-refractivity contribution in [2.75, 3.05) is 7.11 Å². The first kappa shape index (κ1) is 26.6. The summed E-state index contributed by atoms with van der Waals surface area (Å²) in [6.07, 6.45) is 10.1. The number of hydrogen-bond donors (Lipinski definition) is 2. The van der Waals surface area contributed by atoms with E-state index >= 15 is 0 Å². The van der Waals surface area contributed by atoms with Crippen LogP contribution in [0.2, 0.25) is 0 Å². The molecule has 2 rings (SSSR count). The van der Waals surface area contributed by atoms with Crippen molar-refractivity contribution in [3.63, 3.8) is 0 Å². The highest BCUT2D eigenvalue weighted by molar-refractivity contribution is 8.04. The molecule has 0 radical (unpaired) electrons. The lowest BCUT2D eigenvalue weighted by Crippen LogP contribution is -2.18. The van der Waals surface area contributed by atoms with Gasteiger partial charge in [-0.25, -0.2) is 0 Å². The number of carbonyl (C=O) groups is 2. The van der Waals surface area contributed by atoms with Crippen LogP contribution in [0.25, 0.3) is 0 Å². The van der Waals surface area contributed by atoms with E-state index in [1.54, 1.807) is 11.8 Å². The lowest BCUT2D eigenvalue weighted by atomic mass is 9.89. The number of ether oxygens (including phenoxy) is 1. The summed E-state index contributed by atoms with van der Waals surface area (Å²) in [7, 11) is 1.43. The van der Waals surface area contributed by atoms with Crippen LogP contribution in [0.3, 0.4) is 0 Å². The van der Waals surface area contributed by atoms with Gasteiger partial charge < -0.3 is 19.7 Å². The topological polar surface area (TPSA) is 83.8 Å². The molecular formula is C26H38O5S. The van der Waals surface area contributed by atoms with Gasteiger partial charge in [-0.2, -0.15) is 0 Å². The van der Waals surface area contributed by atoms with E-state index < -0.39 is 12.2 Å². The van der Waals surface area contributed by atoms with Gasteiger partial charge in [0, 0.05) is 6.42 Å². The van der Waals surface area contributed by atoms with Crippen molar-refractivity contribution in [2.45, 2.75) is 88.6 Å². The van der Waals surface area contributed by atoms with E-state index in [-0.39, 0.29) is 11.2 Å². The lowest BCUT2D eigenvalue weighted by Gasteiger charge is -2.19. The smallest absolute Gasteiger partial charge is 0.319 e. The van der Waals surface area contributed by atoms with Gasteiger partial charge in [-0.15, -0.1) is 11.8 Å². The Morgan fingerprint density at radius 1 is 1.19 bits per heavy atom. The van der Waals surface area contributed by atoms with Gasteiger partial charge in [0.15, 0.2) is 0 Å². The number of thioether (sulfide) groups is 1. The molecule has 5 nitrogen and oxygen atoms in total. The molecule has 32 heavy (non-hydrogen) atoms. The number of allylic oxidation sites excluding steroid dienone is 2. The zero-order valence-electron chi connectivity index (χ0n) is 19.4. The molecule has 4 atom stereocenters. The molecule has 178 valence electrons. The number of hydrogen-bond acceptors (Lipinski definition) is 6. The number of unbranched alkanes of at least 4 members (excludes halogenated alkanes) is 1. The van der Waals surface area contributed by atoms with E-state index in [0.717, 1.165) is 63.2 Å². The molecule has 0 bridgehead atoms. The maximum absolute atomic E-state index is 11.7. The van der Waals surface area contributed by atoms with Crippen LogP contribution in [0.4, 0.5) is 0 Å². The fourth-order valence-electron chi connectivity index (χ4n) is 4.15. The van der Waals surface area contributed by atoms with Gasteiger partial charge in [-0.05, 0) is 66.9 Å². The fourth-order valence-corrected chi connectivity index (χ4v) is 5.35. The second-order valence-corrected chi connectivity index (χ2v) is 9.97. The molecule has 0 saturated heterocycles. The highest BCUT2D eigenvalue weighted by Crippen LogP contribution is 2.36. The second-order valence-electron chi connectivity index (χ2n) is 8.64. The summed E-state index contributed by atoms with van der Waals surface area (Å²) in [4.78, 5) is 23.9. The lowest BCUT2D eigenvalue weighted by molar-refractivity contribution is -0.139. The summed E-state index contributed by atoms with van der Waals surface area (Å²) < 4.78 is 4.83. The first-order valence-electron chi connectivity index (χ1n) is 11.8. The average Bonchev–Trinajstić information content (AvgIpc) is 3.29. The zero-order chi connectivity index (χ0) is 23.3. The number of methoxy groups -OCH3 is 1. The maximum atomic E-state index is 11.7. The van der Waals surface area contributed by atoms with Crippen molar-refractivity contribution in [3.8, 4) is 0 Å². The van der Waals surface area contributed by atoms with Gasteiger partial charge in [0.1, 0.15) is 17.6 Å². The minimum absolute atomic E-state index is 0.102. The van der Waals surface area contributed by atoms with Gasteiger partial charge >= 0.3 is 5.97 Å². The van der Waals surface area contributed by atoms with Crippen molar-refractivity contribution in [1.82, 2.24) is 0 Å². The van der Waals surface area contributed by atoms with Crippen LogP contribution in [0.15, 0.2) is 35.2 Å². The molecule has 0 aromatic heterocycles. The molecule has 0 aliphatic carbocycles. The van der Waals surface area contributed by atoms with E-state index in [9.17, 15) is 19.8 Å². The molecule has 2 N–H and O–H groups in total. The molecule has 3 unspecified atom stereocenters. The predicted molar refractivity (Wildman–Crippen MR) is 129 cm³/mol. The summed E-state index contributed by atoms with van der Waals surface area (Å²) in [6, 6.07) is 7.85. The van der Waals surface area contributed by atoms with Crippen LogP contribution in [0.5, 0.6) is 0 Å². The molecule has 0 fully saturated rings. The Morgan fingerprint density at radius 2 is 1.94 bits per heavy atom. The van der Waals surface area contributed by atoms with Crippen molar-refractivity contribution in [3.05, 3.63) is 46.4 Å². The SMILES string of the molecule is CCCCC(O)C(O)c1ccc(C[C@H](CCC=O)CCCC2=CCC(C(=O)OC)S2)cc1. The summed E-state index contributed by atoms with van der Waals surface area (Å²) in [6.45, 7) is 2.07.